The first-order valence-electron chi connectivity index (χ1n) is 9.27. The van der Waals surface area contributed by atoms with E-state index in [9.17, 15) is 4.79 Å². The molecule has 6 nitrogen and oxygen atoms in total. The molecule has 1 unspecified atom stereocenters. The van der Waals surface area contributed by atoms with Crippen LogP contribution in [0.5, 0.6) is 0 Å². The van der Waals surface area contributed by atoms with Crippen molar-refractivity contribution < 1.29 is 0 Å². The Labute approximate surface area is 147 Å². The van der Waals surface area contributed by atoms with Crippen LogP contribution in [0.1, 0.15) is 30.5 Å². The number of aromatic nitrogens is 3. The Balaban J connectivity index is 1.47. The van der Waals surface area contributed by atoms with Crippen LogP contribution in [0.3, 0.4) is 0 Å². The van der Waals surface area contributed by atoms with E-state index in [2.05, 4.69) is 20.2 Å². The number of nitrogens with zero attached hydrogens (tertiary/aromatic N) is 4. The Morgan fingerprint density at radius 2 is 1.92 bits per heavy atom. The molecule has 3 heterocycles. The second-order valence-electron chi connectivity index (χ2n) is 7.00. The van der Waals surface area contributed by atoms with Crippen LogP contribution in [0.25, 0.3) is 0 Å². The first-order valence-corrected chi connectivity index (χ1v) is 9.27. The van der Waals surface area contributed by atoms with Gasteiger partial charge in [-0.15, -0.1) is 0 Å². The van der Waals surface area contributed by atoms with E-state index in [-0.39, 0.29) is 5.56 Å². The summed E-state index contributed by atoms with van der Waals surface area (Å²) in [5, 5.41) is 3.41. The number of hydrogen-bond acceptors (Lipinski definition) is 5. The van der Waals surface area contributed by atoms with Crippen molar-refractivity contribution in [2.75, 3.05) is 25.0 Å². The number of fused-ring (bicyclic) bond motifs is 1. The van der Waals surface area contributed by atoms with Gasteiger partial charge in [0.25, 0.3) is 5.56 Å². The van der Waals surface area contributed by atoms with Gasteiger partial charge in [0.1, 0.15) is 0 Å². The second-order valence-corrected chi connectivity index (χ2v) is 7.00. The molecule has 0 bridgehead atoms. The molecule has 0 saturated carbocycles. The zero-order valence-corrected chi connectivity index (χ0v) is 14.5. The van der Waals surface area contributed by atoms with Crippen molar-refractivity contribution in [2.45, 2.75) is 44.7 Å². The summed E-state index contributed by atoms with van der Waals surface area (Å²) in [4.78, 5) is 23.3. The number of rotatable bonds is 5. The molecule has 1 aliphatic heterocycles. The van der Waals surface area contributed by atoms with E-state index in [1.165, 1.54) is 37.2 Å². The van der Waals surface area contributed by atoms with Gasteiger partial charge >= 0.3 is 0 Å². The standard InChI is InChI=1S/C19H25N5O/c25-18-7-4-15-14-16(22-19-20-8-3-9-21-19)5-6-17(15)24(18)13-12-23-10-1-2-11-23/h3-4,7-9,16H,1-2,5-6,10-14H2,(H,20,21,22). The first-order chi connectivity index (χ1) is 12.3. The van der Waals surface area contributed by atoms with Crippen LogP contribution in [0.15, 0.2) is 35.4 Å². The summed E-state index contributed by atoms with van der Waals surface area (Å²) in [6.45, 7) is 4.14. The van der Waals surface area contributed by atoms with E-state index in [0.717, 1.165) is 32.4 Å². The quantitative estimate of drug-likeness (QED) is 0.898. The molecule has 0 aromatic carbocycles. The van der Waals surface area contributed by atoms with Crippen molar-refractivity contribution in [3.05, 3.63) is 52.2 Å². The van der Waals surface area contributed by atoms with Gasteiger partial charge in [0.15, 0.2) is 0 Å². The highest BCUT2D eigenvalue weighted by Crippen LogP contribution is 2.22. The Bertz CT molecular complexity index is 767. The van der Waals surface area contributed by atoms with Crippen molar-refractivity contribution in [1.82, 2.24) is 19.4 Å². The fourth-order valence-corrected chi connectivity index (χ4v) is 4.00. The lowest BCUT2D eigenvalue weighted by atomic mass is 9.91. The van der Waals surface area contributed by atoms with E-state index in [1.807, 2.05) is 16.7 Å². The Morgan fingerprint density at radius 3 is 2.72 bits per heavy atom. The molecule has 2 aromatic rings. The Hall–Kier alpha value is -2.21. The molecule has 0 radical (unpaired) electrons. The maximum Gasteiger partial charge on any atom is 0.250 e. The van der Waals surface area contributed by atoms with Gasteiger partial charge in [-0.1, -0.05) is 6.07 Å². The number of nitrogens with one attached hydrogen (secondary N) is 1. The monoisotopic (exact) mass is 339 g/mol. The molecule has 132 valence electrons. The van der Waals surface area contributed by atoms with Gasteiger partial charge in [0.05, 0.1) is 0 Å². The molecule has 2 aliphatic rings. The molecular weight excluding hydrogens is 314 g/mol. The molecule has 1 saturated heterocycles. The lowest BCUT2D eigenvalue weighted by molar-refractivity contribution is 0.317. The fourth-order valence-electron chi connectivity index (χ4n) is 4.00. The number of hydrogen-bond donors (Lipinski definition) is 1. The van der Waals surface area contributed by atoms with Gasteiger partial charge < -0.3 is 14.8 Å². The summed E-state index contributed by atoms with van der Waals surface area (Å²) in [6.07, 6.45) is 8.92. The topological polar surface area (TPSA) is 63.1 Å². The highest BCUT2D eigenvalue weighted by Gasteiger charge is 2.22. The van der Waals surface area contributed by atoms with Crippen molar-refractivity contribution in [3.8, 4) is 0 Å². The van der Waals surface area contributed by atoms with Gasteiger partial charge in [0.2, 0.25) is 5.95 Å². The molecule has 1 fully saturated rings. The predicted octanol–water partition coefficient (Wildman–Crippen LogP) is 1.70. The molecule has 4 rings (SSSR count). The zero-order chi connectivity index (χ0) is 17.1. The summed E-state index contributed by atoms with van der Waals surface area (Å²) in [6, 6.07) is 5.87. The van der Waals surface area contributed by atoms with Crippen molar-refractivity contribution in [2.24, 2.45) is 0 Å². The third-order valence-corrected chi connectivity index (χ3v) is 5.32. The molecule has 1 aliphatic carbocycles. The van der Waals surface area contributed by atoms with Crippen LogP contribution in [-0.4, -0.2) is 45.1 Å². The molecule has 6 heteroatoms. The Kier molecular flexibility index (Phi) is 4.78. The largest absolute Gasteiger partial charge is 0.351 e. The van der Waals surface area contributed by atoms with E-state index < -0.39 is 0 Å². The highest BCUT2D eigenvalue weighted by molar-refractivity contribution is 5.31. The van der Waals surface area contributed by atoms with E-state index in [0.29, 0.717) is 12.0 Å². The summed E-state index contributed by atoms with van der Waals surface area (Å²) in [7, 11) is 0. The minimum Gasteiger partial charge on any atom is -0.351 e. The van der Waals surface area contributed by atoms with E-state index >= 15 is 0 Å². The zero-order valence-electron chi connectivity index (χ0n) is 14.5. The van der Waals surface area contributed by atoms with Crippen LogP contribution >= 0.6 is 0 Å². The average molecular weight is 339 g/mol. The minimum atomic E-state index is 0.135. The van der Waals surface area contributed by atoms with Crippen LogP contribution in [0.4, 0.5) is 5.95 Å². The second kappa shape index (κ2) is 7.35. The SMILES string of the molecule is O=c1ccc2c(n1CCN1CCCC1)CCC(Nc1ncccn1)C2. The predicted molar refractivity (Wildman–Crippen MR) is 97.8 cm³/mol. The smallest absolute Gasteiger partial charge is 0.250 e. The normalized spacial score (nSPS) is 20.4. The fraction of sp³-hybridized carbons (Fsp3) is 0.526. The van der Waals surface area contributed by atoms with Crippen LogP contribution in [0.2, 0.25) is 0 Å². The number of pyridine rings is 1. The van der Waals surface area contributed by atoms with Gasteiger partial charge in [-0.05, 0) is 56.8 Å². The summed E-state index contributed by atoms with van der Waals surface area (Å²) in [5.74, 6) is 0.679. The Morgan fingerprint density at radius 1 is 1.12 bits per heavy atom. The first kappa shape index (κ1) is 16.3. The van der Waals surface area contributed by atoms with Crippen molar-refractivity contribution in [3.63, 3.8) is 0 Å². The summed E-state index contributed by atoms with van der Waals surface area (Å²) in [5.41, 5.74) is 2.63. The summed E-state index contributed by atoms with van der Waals surface area (Å²) < 4.78 is 2.00. The van der Waals surface area contributed by atoms with Gasteiger partial charge in [-0.2, -0.15) is 0 Å². The van der Waals surface area contributed by atoms with Gasteiger partial charge in [0, 0.05) is 43.3 Å². The van der Waals surface area contributed by atoms with Gasteiger partial charge in [-0.25, -0.2) is 9.97 Å². The average Bonchev–Trinajstić information content (AvgIpc) is 3.15. The molecule has 0 spiro atoms. The maximum absolute atomic E-state index is 12.4. The van der Waals surface area contributed by atoms with Crippen molar-refractivity contribution in [1.29, 1.82) is 0 Å². The summed E-state index contributed by atoms with van der Waals surface area (Å²) >= 11 is 0. The number of anilines is 1. The van der Waals surface area contributed by atoms with Crippen LogP contribution in [-0.2, 0) is 19.4 Å². The molecule has 1 atom stereocenters. The molecule has 25 heavy (non-hydrogen) atoms. The molecular formula is C19H25N5O. The molecule has 0 amide bonds. The van der Waals surface area contributed by atoms with Crippen LogP contribution < -0.4 is 10.9 Å². The third-order valence-electron chi connectivity index (χ3n) is 5.32. The molecule has 2 aromatic heterocycles. The number of likely N-dealkylation sites (tertiary alicyclic amines) is 1. The van der Waals surface area contributed by atoms with Crippen molar-refractivity contribution >= 4 is 5.95 Å². The maximum atomic E-state index is 12.4. The highest BCUT2D eigenvalue weighted by atomic mass is 16.1. The van der Waals surface area contributed by atoms with Gasteiger partial charge in [-0.3, -0.25) is 4.79 Å². The lowest BCUT2D eigenvalue weighted by Gasteiger charge is -2.28. The minimum absolute atomic E-state index is 0.135. The lowest BCUT2D eigenvalue weighted by Crippen LogP contribution is -2.35. The van der Waals surface area contributed by atoms with Crippen LogP contribution in [0, 0.1) is 0 Å². The third kappa shape index (κ3) is 3.74. The molecule has 1 N–H and O–H groups in total. The van der Waals surface area contributed by atoms with E-state index in [1.54, 1.807) is 18.5 Å². The van der Waals surface area contributed by atoms with E-state index in [4.69, 9.17) is 0 Å².